The molecule has 0 fully saturated rings. The lowest BCUT2D eigenvalue weighted by Crippen LogP contribution is -1.96. The Morgan fingerprint density at radius 1 is 1.50 bits per heavy atom. The summed E-state index contributed by atoms with van der Waals surface area (Å²) in [5.41, 5.74) is 1.86. The predicted octanol–water partition coefficient (Wildman–Crippen LogP) is 2.88. The van der Waals surface area contributed by atoms with Gasteiger partial charge in [-0.15, -0.1) is 12.6 Å². The molecule has 64 valence electrons. The molecule has 1 nitrogen and oxygen atoms in total. The molecule has 0 aliphatic heterocycles. The second kappa shape index (κ2) is 3.76. The maximum absolute atomic E-state index is 11.2. The Balaban J connectivity index is 3.05. The fourth-order valence-electron chi connectivity index (χ4n) is 0.987. The van der Waals surface area contributed by atoms with Crippen molar-refractivity contribution in [2.45, 2.75) is 25.2 Å². The number of thiol groups is 1. The first-order valence-electron chi connectivity index (χ1n) is 3.98. The summed E-state index contributed by atoms with van der Waals surface area (Å²) in [7, 11) is 0. The van der Waals surface area contributed by atoms with Crippen molar-refractivity contribution >= 4 is 18.4 Å². The molecule has 0 radical (unpaired) electrons. The standard InChI is InChI=1S/C10H12OS/c1-3-9(11)8-5-4-7(2)10(12)6-8/h4-6,12H,3H2,1-2H3. The lowest BCUT2D eigenvalue weighted by Gasteiger charge is -2.01. The number of Topliss-reactive ketones (excluding diaryl/α,β-unsaturated/α-hetero) is 1. The number of aryl methyl sites for hydroxylation is 1. The smallest absolute Gasteiger partial charge is 0.162 e. The molecule has 0 aliphatic rings. The van der Waals surface area contributed by atoms with Gasteiger partial charge in [-0.3, -0.25) is 4.79 Å². The molecule has 0 aliphatic carbocycles. The van der Waals surface area contributed by atoms with Crippen LogP contribution in [0.25, 0.3) is 0 Å². The number of carbonyl (C=O) groups excluding carboxylic acids is 1. The maximum atomic E-state index is 11.2. The van der Waals surface area contributed by atoms with Crippen molar-refractivity contribution in [2.75, 3.05) is 0 Å². The minimum absolute atomic E-state index is 0.172. The van der Waals surface area contributed by atoms with Gasteiger partial charge in [0.25, 0.3) is 0 Å². The van der Waals surface area contributed by atoms with E-state index in [1.807, 2.05) is 32.0 Å². The van der Waals surface area contributed by atoms with E-state index >= 15 is 0 Å². The van der Waals surface area contributed by atoms with Gasteiger partial charge in [0.1, 0.15) is 0 Å². The maximum Gasteiger partial charge on any atom is 0.162 e. The van der Waals surface area contributed by atoms with E-state index in [2.05, 4.69) is 12.6 Å². The highest BCUT2D eigenvalue weighted by Crippen LogP contribution is 2.15. The summed E-state index contributed by atoms with van der Waals surface area (Å²) in [5, 5.41) is 0. The first-order valence-corrected chi connectivity index (χ1v) is 4.42. The van der Waals surface area contributed by atoms with Crippen LogP contribution in [-0.2, 0) is 0 Å². The highest BCUT2D eigenvalue weighted by Gasteiger charge is 2.03. The first kappa shape index (κ1) is 9.33. The number of ketones is 1. The van der Waals surface area contributed by atoms with Gasteiger partial charge in [0.15, 0.2) is 5.78 Å². The summed E-state index contributed by atoms with van der Waals surface area (Å²) < 4.78 is 0. The Morgan fingerprint density at radius 2 is 2.17 bits per heavy atom. The quantitative estimate of drug-likeness (QED) is 0.547. The fraction of sp³-hybridized carbons (Fsp3) is 0.300. The van der Waals surface area contributed by atoms with Crippen LogP contribution in [0.2, 0.25) is 0 Å². The summed E-state index contributed by atoms with van der Waals surface area (Å²) in [5.74, 6) is 0.172. The molecule has 0 N–H and O–H groups in total. The average molecular weight is 180 g/mol. The number of hydrogen-bond donors (Lipinski definition) is 1. The Labute approximate surface area is 78.2 Å². The summed E-state index contributed by atoms with van der Waals surface area (Å²) in [6, 6.07) is 5.59. The van der Waals surface area contributed by atoms with Gasteiger partial charge in [-0.2, -0.15) is 0 Å². The number of benzene rings is 1. The highest BCUT2D eigenvalue weighted by molar-refractivity contribution is 7.80. The van der Waals surface area contributed by atoms with Gasteiger partial charge in [-0.25, -0.2) is 0 Å². The second-order valence-corrected chi connectivity index (χ2v) is 3.26. The number of hydrogen-bond acceptors (Lipinski definition) is 2. The van der Waals surface area contributed by atoms with Gasteiger partial charge in [-0.05, 0) is 18.6 Å². The van der Waals surface area contributed by atoms with Crippen molar-refractivity contribution < 1.29 is 4.79 Å². The lowest BCUT2D eigenvalue weighted by atomic mass is 10.1. The van der Waals surface area contributed by atoms with Crippen LogP contribution in [-0.4, -0.2) is 5.78 Å². The average Bonchev–Trinajstić information content (AvgIpc) is 2.08. The third kappa shape index (κ3) is 1.89. The molecular weight excluding hydrogens is 168 g/mol. The number of rotatable bonds is 2. The SMILES string of the molecule is CCC(=O)c1ccc(C)c(S)c1. The zero-order valence-corrected chi connectivity index (χ0v) is 8.19. The second-order valence-electron chi connectivity index (χ2n) is 2.78. The fourth-order valence-corrected chi connectivity index (χ4v) is 1.20. The van der Waals surface area contributed by atoms with Crippen LogP contribution in [0, 0.1) is 6.92 Å². The van der Waals surface area contributed by atoms with Crippen LogP contribution >= 0.6 is 12.6 Å². The van der Waals surface area contributed by atoms with Crippen molar-refractivity contribution in [3.8, 4) is 0 Å². The molecule has 1 aromatic rings. The lowest BCUT2D eigenvalue weighted by molar-refractivity contribution is 0.0988. The molecule has 0 saturated heterocycles. The Hall–Kier alpha value is -0.760. The normalized spacial score (nSPS) is 9.92. The molecule has 0 aromatic heterocycles. The first-order chi connectivity index (χ1) is 5.65. The molecule has 1 rings (SSSR count). The van der Waals surface area contributed by atoms with Crippen LogP contribution in [0.1, 0.15) is 29.3 Å². The van der Waals surface area contributed by atoms with E-state index in [-0.39, 0.29) is 5.78 Å². The van der Waals surface area contributed by atoms with Crippen LogP contribution in [0.5, 0.6) is 0 Å². The van der Waals surface area contributed by atoms with Crippen LogP contribution < -0.4 is 0 Å². The molecule has 1 aromatic carbocycles. The van der Waals surface area contributed by atoms with E-state index in [0.717, 1.165) is 16.0 Å². The Bertz CT molecular complexity index is 305. The summed E-state index contributed by atoms with van der Waals surface area (Å²) in [6.07, 6.45) is 0.552. The van der Waals surface area contributed by atoms with E-state index in [1.54, 1.807) is 0 Å². The van der Waals surface area contributed by atoms with Gasteiger partial charge < -0.3 is 0 Å². The van der Waals surface area contributed by atoms with Gasteiger partial charge >= 0.3 is 0 Å². The van der Waals surface area contributed by atoms with Crippen molar-refractivity contribution in [3.05, 3.63) is 29.3 Å². The summed E-state index contributed by atoms with van der Waals surface area (Å²) >= 11 is 4.25. The van der Waals surface area contributed by atoms with E-state index in [1.165, 1.54) is 0 Å². The Kier molecular flexibility index (Phi) is 2.93. The minimum Gasteiger partial charge on any atom is -0.294 e. The number of carbonyl (C=O) groups is 1. The molecule has 2 heteroatoms. The van der Waals surface area contributed by atoms with Crippen molar-refractivity contribution in [3.63, 3.8) is 0 Å². The van der Waals surface area contributed by atoms with E-state index in [9.17, 15) is 4.79 Å². The molecule has 0 heterocycles. The van der Waals surface area contributed by atoms with Crippen molar-refractivity contribution in [1.82, 2.24) is 0 Å². The van der Waals surface area contributed by atoms with Gasteiger partial charge in [0.05, 0.1) is 0 Å². The minimum atomic E-state index is 0.172. The molecule has 0 spiro atoms. The molecule has 0 bridgehead atoms. The largest absolute Gasteiger partial charge is 0.294 e. The van der Waals surface area contributed by atoms with Crippen LogP contribution in [0.15, 0.2) is 23.1 Å². The highest BCUT2D eigenvalue weighted by atomic mass is 32.1. The molecule has 0 saturated carbocycles. The van der Waals surface area contributed by atoms with Crippen molar-refractivity contribution in [2.24, 2.45) is 0 Å². The van der Waals surface area contributed by atoms with Gasteiger partial charge in [-0.1, -0.05) is 19.1 Å². The molecule has 0 amide bonds. The third-order valence-corrected chi connectivity index (χ3v) is 2.33. The van der Waals surface area contributed by atoms with Gasteiger partial charge in [0, 0.05) is 16.9 Å². The Morgan fingerprint density at radius 3 is 2.67 bits per heavy atom. The molecular formula is C10H12OS. The molecule has 12 heavy (non-hydrogen) atoms. The topological polar surface area (TPSA) is 17.1 Å². The van der Waals surface area contributed by atoms with E-state index in [4.69, 9.17) is 0 Å². The van der Waals surface area contributed by atoms with Crippen LogP contribution in [0.4, 0.5) is 0 Å². The molecule has 0 unspecified atom stereocenters. The van der Waals surface area contributed by atoms with Gasteiger partial charge in [0.2, 0.25) is 0 Å². The zero-order valence-electron chi connectivity index (χ0n) is 7.29. The third-order valence-electron chi connectivity index (χ3n) is 1.85. The predicted molar refractivity (Wildman–Crippen MR) is 53.1 cm³/mol. The van der Waals surface area contributed by atoms with Crippen LogP contribution in [0.3, 0.4) is 0 Å². The zero-order chi connectivity index (χ0) is 9.14. The monoisotopic (exact) mass is 180 g/mol. The van der Waals surface area contributed by atoms with E-state index in [0.29, 0.717) is 6.42 Å². The van der Waals surface area contributed by atoms with E-state index < -0.39 is 0 Å². The van der Waals surface area contributed by atoms with Crippen molar-refractivity contribution in [1.29, 1.82) is 0 Å². The molecule has 0 atom stereocenters. The summed E-state index contributed by atoms with van der Waals surface area (Å²) in [4.78, 5) is 12.1. The summed E-state index contributed by atoms with van der Waals surface area (Å²) in [6.45, 7) is 3.84.